The number of hydrogen-bond acceptors (Lipinski definition) is 9. The van der Waals surface area contributed by atoms with Crippen LogP contribution in [-0.2, 0) is 49.3 Å². The zero-order valence-electron chi connectivity index (χ0n) is 23.2. The first-order chi connectivity index (χ1) is 19.4. The molecule has 1 aliphatic heterocycles. The fourth-order valence-electron chi connectivity index (χ4n) is 4.56. The molecule has 0 aromatic heterocycles. The standard InChI is InChI=1S/C30H32BrClO9/c1-16(14-31)22-8-6-21(7-9-22)12-24-13-23(10-11-25(24)32)27-29(39-19(4)35)30(40-20(5)36)28(38-18(3)34)26(41-27)15-37-17(2)33/h6-11,13,26-30H,1,12,14-15H2,2-5H3/t26-,27+,28-,29+,30+/m1/s1. The second-order valence-electron chi connectivity index (χ2n) is 9.58. The molecule has 220 valence electrons. The van der Waals surface area contributed by atoms with E-state index in [2.05, 4.69) is 22.5 Å². The third kappa shape index (κ3) is 8.89. The van der Waals surface area contributed by atoms with E-state index in [1.165, 1.54) is 27.7 Å². The van der Waals surface area contributed by atoms with Crippen molar-refractivity contribution in [3.05, 3.63) is 76.3 Å². The molecule has 0 N–H and O–H groups in total. The average molecular weight is 652 g/mol. The maximum atomic E-state index is 12.2. The zero-order chi connectivity index (χ0) is 30.3. The number of allylic oxidation sites excluding steroid dienone is 1. The molecule has 2 aromatic rings. The molecule has 1 heterocycles. The number of hydrogen-bond donors (Lipinski definition) is 0. The Hall–Kier alpha value is -3.21. The van der Waals surface area contributed by atoms with Crippen LogP contribution >= 0.6 is 27.5 Å². The molecule has 0 radical (unpaired) electrons. The molecule has 9 nitrogen and oxygen atoms in total. The Bertz CT molecular complexity index is 1290. The molecule has 11 heteroatoms. The number of carbonyl (C=O) groups excluding carboxylic acids is 4. The molecule has 1 fully saturated rings. The summed E-state index contributed by atoms with van der Waals surface area (Å²) < 4.78 is 28.1. The first kappa shape index (κ1) is 32.3. The summed E-state index contributed by atoms with van der Waals surface area (Å²) in [6.45, 7) is 8.51. The van der Waals surface area contributed by atoms with E-state index in [1.54, 1.807) is 12.1 Å². The predicted molar refractivity (Wildman–Crippen MR) is 154 cm³/mol. The minimum atomic E-state index is -1.26. The fourth-order valence-corrected chi connectivity index (χ4v) is 5.07. The zero-order valence-corrected chi connectivity index (χ0v) is 25.5. The van der Waals surface area contributed by atoms with Crippen LogP contribution in [0.3, 0.4) is 0 Å². The molecule has 1 aliphatic rings. The topological polar surface area (TPSA) is 114 Å². The summed E-state index contributed by atoms with van der Waals surface area (Å²) >= 11 is 9.99. The molecule has 1 saturated heterocycles. The van der Waals surface area contributed by atoms with Crippen molar-refractivity contribution in [3.8, 4) is 0 Å². The third-order valence-electron chi connectivity index (χ3n) is 6.31. The van der Waals surface area contributed by atoms with Gasteiger partial charge in [-0.2, -0.15) is 0 Å². The molecular formula is C30H32BrClO9. The van der Waals surface area contributed by atoms with E-state index in [1.807, 2.05) is 30.3 Å². The van der Waals surface area contributed by atoms with E-state index in [4.69, 9.17) is 35.3 Å². The van der Waals surface area contributed by atoms with E-state index in [0.717, 1.165) is 22.3 Å². The summed E-state index contributed by atoms with van der Waals surface area (Å²) in [7, 11) is 0. The number of halogens is 2. The highest BCUT2D eigenvalue weighted by Crippen LogP contribution is 2.39. The van der Waals surface area contributed by atoms with E-state index >= 15 is 0 Å². The van der Waals surface area contributed by atoms with Gasteiger partial charge in [-0.25, -0.2) is 0 Å². The first-order valence-corrected chi connectivity index (χ1v) is 14.3. The highest BCUT2D eigenvalue weighted by atomic mass is 79.9. The Labute approximate surface area is 252 Å². The van der Waals surface area contributed by atoms with Crippen LogP contribution in [0.2, 0.25) is 5.02 Å². The second kappa shape index (κ2) is 14.6. The number of esters is 4. The molecular weight excluding hydrogens is 620 g/mol. The SMILES string of the molecule is C=C(CBr)c1ccc(Cc2cc([C@@H]3O[C@H](COC(C)=O)[C@@H](OC(C)=O)[C@H](OC(C)=O)[C@H]3OC(C)=O)ccc2Cl)cc1. The van der Waals surface area contributed by atoms with Crippen LogP contribution in [0, 0.1) is 0 Å². The van der Waals surface area contributed by atoms with Crippen LogP contribution in [0.25, 0.3) is 5.57 Å². The van der Waals surface area contributed by atoms with Crippen LogP contribution in [0.4, 0.5) is 0 Å². The van der Waals surface area contributed by atoms with Crippen LogP contribution in [-0.4, -0.2) is 60.2 Å². The maximum Gasteiger partial charge on any atom is 0.303 e. The molecule has 0 unspecified atom stereocenters. The lowest BCUT2D eigenvalue weighted by molar-refractivity contribution is -0.254. The summed E-state index contributed by atoms with van der Waals surface area (Å²) in [6, 6.07) is 13.2. The van der Waals surface area contributed by atoms with Crippen molar-refractivity contribution in [2.45, 2.75) is 64.6 Å². The van der Waals surface area contributed by atoms with E-state index < -0.39 is 54.4 Å². The lowest BCUT2D eigenvalue weighted by Gasteiger charge is -2.44. The van der Waals surface area contributed by atoms with Gasteiger partial charge in [0.15, 0.2) is 18.3 Å². The van der Waals surface area contributed by atoms with Gasteiger partial charge < -0.3 is 23.7 Å². The van der Waals surface area contributed by atoms with E-state index in [0.29, 0.717) is 22.3 Å². The molecule has 41 heavy (non-hydrogen) atoms. The summed E-state index contributed by atoms with van der Waals surface area (Å²) in [6.07, 6.45) is -5.23. The fraction of sp³-hybridized carbons (Fsp3) is 0.400. The normalized spacial score (nSPS) is 21.9. The van der Waals surface area contributed by atoms with Gasteiger partial charge in [-0.1, -0.05) is 70.5 Å². The number of alkyl halides is 1. The van der Waals surface area contributed by atoms with Crippen LogP contribution < -0.4 is 0 Å². The average Bonchev–Trinajstić information content (AvgIpc) is 2.90. The smallest absolute Gasteiger partial charge is 0.303 e. The first-order valence-electron chi connectivity index (χ1n) is 12.8. The van der Waals surface area contributed by atoms with Crippen molar-refractivity contribution in [1.29, 1.82) is 0 Å². The van der Waals surface area contributed by atoms with Crippen molar-refractivity contribution < 1.29 is 42.9 Å². The number of carbonyl (C=O) groups is 4. The van der Waals surface area contributed by atoms with E-state index in [9.17, 15) is 19.2 Å². The van der Waals surface area contributed by atoms with Crippen LogP contribution in [0.15, 0.2) is 49.0 Å². The largest absolute Gasteiger partial charge is 0.463 e. The Morgan fingerprint density at radius 1 is 0.854 bits per heavy atom. The van der Waals surface area contributed by atoms with Crippen molar-refractivity contribution in [3.63, 3.8) is 0 Å². The summed E-state index contributed by atoms with van der Waals surface area (Å²) in [5.74, 6) is -2.64. The van der Waals surface area contributed by atoms with Crippen molar-refractivity contribution in [2.75, 3.05) is 11.9 Å². The predicted octanol–water partition coefficient (Wildman–Crippen LogP) is 5.14. The monoisotopic (exact) mass is 650 g/mol. The molecule has 0 bridgehead atoms. The van der Waals surface area contributed by atoms with Gasteiger partial charge in [0.05, 0.1) is 0 Å². The van der Waals surface area contributed by atoms with Gasteiger partial charge in [0.25, 0.3) is 0 Å². The molecule has 0 saturated carbocycles. The Kier molecular flexibility index (Phi) is 11.5. The summed E-state index contributed by atoms with van der Waals surface area (Å²) in [5, 5.41) is 1.17. The molecule has 0 spiro atoms. The number of ether oxygens (including phenoxy) is 5. The van der Waals surface area contributed by atoms with Crippen LogP contribution in [0.5, 0.6) is 0 Å². The summed E-state index contributed by atoms with van der Waals surface area (Å²) in [5.41, 5.74) is 4.30. The quantitative estimate of drug-likeness (QED) is 0.196. The highest BCUT2D eigenvalue weighted by molar-refractivity contribution is 9.09. The van der Waals surface area contributed by atoms with Gasteiger partial charge in [0, 0.05) is 38.0 Å². The van der Waals surface area contributed by atoms with Crippen LogP contribution in [0.1, 0.15) is 56.1 Å². The minimum Gasteiger partial charge on any atom is -0.463 e. The van der Waals surface area contributed by atoms with Gasteiger partial charge in [0.1, 0.15) is 18.8 Å². The lowest BCUT2D eigenvalue weighted by atomic mass is 9.89. The molecule has 5 atom stereocenters. The Morgan fingerprint density at radius 3 is 2.00 bits per heavy atom. The number of rotatable bonds is 10. The van der Waals surface area contributed by atoms with Crippen molar-refractivity contribution in [2.24, 2.45) is 0 Å². The van der Waals surface area contributed by atoms with Crippen molar-refractivity contribution >= 4 is 57.0 Å². The lowest BCUT2D eigenvalue weighted by Crippen LogP contribution is -2.59. The van der Waals surface area contributed by atoms with Gasteiger partial charge >= 0.3 is 23.9 Å². The number of benzene rings is 2. The Balaban J connectivity index is 2.03. The molecule has 0 amide bonds. The van der Waals surface area contributed by atoms with Gasteiger partial charge in [-0.3, -0.25) is 19.2 Å². The van der Waals surface area contributed by atoms with Gasteiger partial charge in [-0.05, 0) is 40.3 Å². The second-order valence-corrected chi connectivity index (χ2v) is 10.5. The minimum absolute atomic E-state index is 0.305. The van der Waals surface area contributed by atoms with E-state index in [-0.39, 0.29) is 6.61 Å². The maximum absolute atomic E-state index is 12.2. The third-order valence-corrected chi connectivity index (χ3v) is 7.35. The highest BCUT2D eigenvalue weighted by Gasteiger charge is 2.52. The Morgan fingerprint density at radius 2 is 1.44 bits per heavy atom. The van der Waals surface area contributed by atoms with Gasteiger partial charge in [-0.15, -0.1) is 0 Å². The molecule has 3 rings (SSSR count). The van der Waals surface area contributed by atoms with Gasteiger partial charge in [0.2, 0.25) is 0 Å². The van der Waals surface area contributed by atoms with Crippen molar-refractivity contribution in [1.82, 2.24) is 0 Å². The molecule has 0 aliphatic carbocycles. The summed E-state index contributed by atoms with van der Waals surface area (Å²) in [4.78, 5) is 47.9. The molecule has 2 aromatic carbocycles.